The maximum absolute atomic E-state index is 13.3. The van der Waals surface area contributed by atoms with E-state index in [1.165, 1.54) is 21.3 Å². The zero-order valence-corrected chi connectivity index (χ0v) is 15.8. The molecule has 27 heavy (non-hydrogen) atoms. The second-order valence-electron chi connectivity index (χ2n) is 6.97. The van der Waals surface area contributed by atoms with Crippen molar-refractivity contribution in [3.8, 4) is 17.2 Å². The Morgan fingerprint density at radius 2 is 1.85 bits per heavy atom. The van der Waals surface area contributed by atoms with Crippen LogP contribution in [0, 0.1) is 0 Å². The second kappa shape index (κ2) is 6.60. The molecule has 4 rings (SSSR count). The van der Waals surface area contributed by atoms with E-state index in [0.29, 0.717) is 55.4 Å². The average molecular weight is 376 g/mol. The molecule has 2 amide bonds. The zero-order valence-electron chi connectivity index (χ0n) is 15.8. The SMILES string of the molecule is COc1cc(C(=O)N2CC[C@@]34OCCCN3C(=O)C[C@@H]24)cc(OC)c1OC. The maximum Gasteiger partial charge on any atom is 0.254 e. The predicted molar refractivity (Wildman–Crippen MR) is 95.2 cm³/mol. The Bertz CT molecular complexity index is 756. The summed E-state index contributed by atoms with van der Waals surface area (Å²) in [5.74, 6) is 1.17. The van der Waals surface area contributed by atoms with E-state index in [1.807, 2.05) is 4.90 Å². The third kappa shape index (κ3) is 2.54. The van der Waals surface area contributed by atoms with Crippen LogP contribution in [0.15, 0.2) is 12.1 Å². The Balaban J connectivity index is 1.67. The molecule has 0 aliphatic carbocycles. The van der Waals surface area contributed by atoms with Gasteiger partial charge in [-0.3, -0.25) is 9.59 Å². The Morgan fingerprint density at radius 3 is 2.48 bits per heavy atom. The number of methoxy groups -OCH3 is 3. The van der Waals surface area contributed by atoms with Gasteiger partial charge in [0.05, 0.1) is 40.4 Å². The zero-order chi connectivity index (χ0) is 19.2. The van der Waals surface area contributed by atoms with E-state index < -0.39 is 5.72 Å². The molecule has 0 bridgehead atoms. The molecular weight excluding hydrogens is 352 g/mol. The van der Waals surface area contributed by atoms with E-state index in [2.05, 4.69) is 0 Å². The van der Waals surface area contributed by atoms with Crippen molar-refractivity contribution in [2.45, 2.75) is 31.0 Å². The summed E-state index contributed by atoms with van der Waals surface area (Å²) in [7, 11) is 4.55. The molecule has 0 radical (unpaired) electrons. The molecule has 3 saturated heterocycles. The summed E-state index contributed by atoms with van der Waals surface area (Å²) >= 11 is 0. The van der Waals surface area contributed by atoms with Crippen LogP contribution < -0.4 is 14.2 Å². The number of likely N-dealkylation sites (tertiary alicyclic amines) is 1. The second-order valence-corrected chi connectivity index (χ2v) is 6.97. The lowest BCUT2D eigenvalue weighted by Crippen LogP contribution is -2.56. The van der Waals surface area contributed by atoms with Crippen molar-refractivity contribution in [3.63, 3.8) is 0 Å². The summed E-state index contributed by atoms with van der Waals surface area (Å²) in [6, 6.07) is 3.02. The predicted octanol–water partition coefficient (Wildman–Crippen LogP) is 1.28. The van der Waals surface area contributed by atoms with Gasteiger partial charge in [0, 0.05) is 25.1 Å². The lowest BCUT2D eigenvalue weighted by molar-refractivity contribution is -0.179. The highest BCUT2D eigenvalue weighted by Crippen LogP contribution is 2.46. The number of carbonyl (C=O) groups is 2. The Hall–Kier alpha value is -2.48. The summed E-state index contributed by atoms with van der Waals surface area (Å²) < 4.78 is 22.1. The van der Waals surface area contributed by atoms with Crippen molar-refractivity contribution in [3.05, 3.63) is 17.7 Å². The van der Waals surface area contributed by atoms with Crippen LogP contribution in [-0.2, 0) is 9.53 Å². The molecule has 2 atom stereocenters. The van der Waals surface area contributed by atoms with Gasteiger partial charge in [0.25, 0.3) is 5.91 Å². The lowest BCUT2D eigenvalue weighted by Gasteiger charge is -2.42. The summed E-state index contributed by atoms with van der Waals surface area (Å²) in [6.07, 6.45) is 1.77. The van der Waals surface area contributed by atoms with E-state index in [-0.39, 0.29) is 17.9 Å². The average Bonchev–Trinajstić information content (AvgIpc) is 3.18. The molecule has 8 nitrogen and oxygen atoms in total. The van der Waals surface area contributed by atoms with Gasteiger partial charge in [-0.15, -0.1) is 0 Å². The van der Waals surface area contributed by atoms with Gasteiger partial charge < -0.3 is 28.7 Å². The molecule has 3 aliphatic heterocycles. The number of rotatable bonds is 4. The summed E-state index contributed by atoms with van der Waals surface area (Å²) in [4.78, 5) is 29.3. The number of hydrogen-bond donors (Lipinski definition) is 0. The normalized spacial score (nSPS) is 26.6. The number of ether oxygens (including phenoxy) is 4. The largest absolute Gasteiger partial charge is 0.493 e. The molecule has 0 unspecified atom stereocenters. The van der Waals surface area contributed by atoms with Gasteiger partial charge in [0.2, 0.25) is 11.7 Å². The van der Waals surface area contributed by atoms with Crippen LogP contribution in [-0.4, -0.2) is 74.4 Å². The molecule has 8 heteroatoms. The molecule has 1 aromatic carbocycles. The first kappa shape index (κ1) is 17.9. The molecule has 3 aliphatic rings. The third-order valence-corrected chi connectivity index (χ3v) is 5.78. The van der Waals surface area contributed by atoms with Crippen molar-refractivity contribution in [1.29, 1.82) is 0 Å². The topological polar surface area (TPSA) is 77.5 Å². The fraction of sp³-hybridized carbons (Fsp3) is 0.579. The van der Waals surface area contributed by atoms with Gasteiger partial charge in [-0.1, -0.05) is 0 Å². The van der Waals surface area contributed by atoms with E-state index in [0.717, 1.165) is 6.42 Å². The smallest absolute Gasteiger partial charge is 0.254 e. The van der Waals surface area contributed by atoms with Gasteiger partial charge in [-0.2, -0.15) is 0 Å². The van der Waals surface area contributed by atoms with Crippen molar-refractivity contribution in [2.24, 2.45) is 0 Å². The minimum absolute atomic E-state index is 0.0575. The van der Waals surface area contributed by atoms with Crippen molar-refractivity contribution < 1.29 is 28.5 Å². The maximum atomic E-state index is 13.3. The van der Waals surface area contributed by atoms with Gasteiger partial charge in [-0.25, -0.2) is 0 Å². The van der Waals surface area contributed by atoms with Crippen LogP contribution in [0.4, 0.5) is 0 Å². The quantitative estimate of drug-likeness (QED) is 0.788. The highest BCUT2D eigenvalue weighted by Gasteiger charge is 2.61. The minimum atomic E-state index is -0.661. The Labute approximate surface area is 157 Å². The van der Waals surface area contributed by atoms with Crippen molar-refractivity contribution in [2.75, 3.05) is 41.0 Å². The molecule has 146 valence electrons. The highest BCUT2D eigenvalue weighted by molar-refractivity contribution is 5.97. The lowest BCUT2D eigenvalue weighted by atomic mass is 10.0. The number of hydrogen-bond acceptors (Lipinski definition) is 6. The van der Waals surface area contributed by atoms with E-state index >= 15 is 0 Å². The Morgan fingerprint density at radius 1 is 1.15 bits per heavy atom. The van der Waals surface area contributed by atoms with Gasteiger partial charge in [-0.05, 0) is 18.6 Å². The molecule has 0 saturated carbocycles. The first-order chi connectivity index (χ1) is 13.1. The number of carbonyl (C=O) groups excluding carboxylic acids is 2. The van der Waals surface area contributed by atoms with Crippen LogP contribution in [0.1, 0.15) is 29.6 Å². The summed E-state index contributed by atoms with van der Waals surface area (Å²) in [5, 5.41) is 0. The van der Waals surface area contributed by atoms with Crippen LogP contribution in [0.3, 0.4) is 0 Å². The van der Waals surface area contributed by atoms with Gasteiger partial charge in [0.15, 0.2) is 17.2 Å². The van der Waals surface area contributed by atoms with E-state index in [4.69, 9.17) is 18.9 Å². The summed E-state index contributed by atoms with van der Waals surface area (Å²) in [6.45, 7) is 1.86. The third-order valence-electron chi connectivity index (χ3n) is 5.78. The molecule has 1 aromatic rings. The van der Waals surface area contributed by atoms with E-state index in [1.54, 1.807) is 17.0 Å². The first-order valence-corrected chi connectivity index (χ1v) is 9.11. The molecule has 0 aromatic heterocycles. The number of nitrogens with zero attached hydrogens (tertiary/aromatic N) is 2. The van der Waals surface area contributed by atoms with Crippen LogP contribution >= 0.6 is 0 Å². The fourth-order valence-electron chi connectivity index (χ4n) is 4.56. The van der Waals surface area contributed by atoms with Crippen molar-refractivity contribution >= 4 is 11.8 Å². The number of amides is 2. The molecular formula is C19H24N2O6. The molecule has 1 spiro atoms. The highest BCUT2D eigenvalue weighted by atomic mass is 16.5. The molecule has 3 heterocycles. The fourth-order valence-corrected chi connectivity index (χ4v) is 4.56. The van der Waals surface area contributed by atoms with E-state index in [9.17, 15) is 9.59 Å². The van der Waals surface area contributed by atoms with Gasteiger partial charge in [0.1, 0.15) is 0 Å². The monoisotopic (exact) mass is 376 g/mol. The van der Waals surface area contributed by atoms with Crippen LogP contribution in [0.5, 0.6) is 17.2 Å². The standard InChI is InChI=1S/C19H24N2O6/c1-24-13-9-12(10-14(25-2)17(13)26-3)18(23)20-7-5-19-15(20)11-16(22)21(19)6-4-8-27-19/h9-10,15H,4-8,11H2,1-3H3/t15-,19+/m1/s1. The van der Waals surface area contributed by atoms with Crippen molar-refractivity contribution in [1.82, 2.24) is 9.80 Å². The molecule has 0 N–H and O–H groups in total. The van der Waals surface area contributed by atoms with Crippen LogP contribution in [0.25, 0.3) is 0 Å². The molecule has 3 fully saturated rings. The van der Waals surface area contributed by atoms with Crippen LogP contribution in [0.2, 0.25) is 0 Å². The minimum Gasteiger partial charge on any atom is -0.493 e. The number of benzene rings is 1. The Kier molecular flexibility index (Phi) is 4.38. The first-order valence-electron chi connectivity index (χ1n) is 9.11. The van der Waals surface area contributed by atoms with Gasteiger partial charge >= 0.3 is 0 Å². The summed E-state index contributed by atoms with van der Waals surface area (Å²) in [5.41, 5.74) is -0.228.